The molecule has 0 fully saturated rings. The second-order valence-corrected chi connectivity index (χ2v) is 2.70. The average Bonchev–Trinajstić information content (AvgIpc) is 2.04. The number of rotatable bonds is 0. The second kappa shape index (κ2) is 2.49. The zero-order chi connectivity index (χ0) is 7.68. The van der Waals surface area contributed by atoms with Crippen LogP contribution in [0.4, 0.5) is 0 Å². The summed E-state index contributed by atoms with van der Waals surface area (Å²) in [5.74, 6) is 1.80. The molecule has 0 aromatic rings. The molecule has 0 saturated carbocycles. The first kappa shape index (κ1) is 6.58. The Kier molecular flexibility index (Phi) is 1.49. The van der Waals surface area contributed by atoms with E-state index < -0.39 is 0 Å². The molecule has 2 aliphatic rings. The van der Waals surface area contributed by atoms with Crippen molar-refractivity contribution in [1.29, 1.82) is 0 Å². The van der Waals surface area contributed by atoms with Crippen LogP contribution in [0.15, 0.2) is 23.3 Å². The van der Waals surface area contributed by atoms with E-state index in [2.05, 4.69) is 0 Å². The Morgan fingerprint density at radius 1 is 1.18 bits per heavy atom. The van der Waals surface area contributed by atoms with Crippen LogP contribution in [-0.2, 0) is 9.47 Å². The van der Waals surface area contributed by atoms with Gasteiger partial charge < -0.3 is 15.2 Å². The van der Waals surface area contributed by atoms with Crippen molar-refractivity contribution in [3.8, 4) is 0 Å². The summed E-state index contributed by atoms with van der Waals surface area (Å²) in [7, 11) is 0. The third-order valence-electron chi connectivity index (χ3n) is 1.85. The fourth-order valence-corrected chi connectivity index (χ4v) is 1.28. The maximum absolute atomic E-state index is 5.63. The lowest BCUT2D eigenvalue weighted by Gasteiger charge is -2.23. The molecule has 0 saturated heterocycles. The molecule has 0 aromatic carbocycles. The van der Waals surface area contributed by atoms with Crippen LogP contribution in [0.3, 0.4) is 0 Å². The summed E-state index contributed by atoms with van der Waals surface area (Å²) in [4.78, 5) is 0. The minimum atomic E-state index is 0.641. The molecule has 0 atom stereocenters. The van der Waals surface area contributed by atoms with Gasteiger partial charge in [0.1, 0.15) is 19.0 Å². The van der Waals surface area contributed by atoms with Gasteiger partial charge in [-0.3, -0.25) is 0 Å². The number of allylic oxidation sites excluding steroid dienone is 3. The SMILES string of the molecule is NC1=CC2=C(CC1)OCCO2. The highest BCUT2D eigenvalue weighted by atomic mass is 16.6. The van der Waals surface area contributed by atoms with Crippen molar-refractivity contribution in [3.63, 3.8) is 0 Å². The van der Waals surface area contributed by atoms with Gasteiger partial charge in [-0.1, -0.05) is 0 Å². The fourth-order valence-electron chi connectivity index (χ4n) is 1.28. The van der Waals surface area contributed by atoms with Crippen molar-refractivity contribution >= 4 is 0 Å². The molecule has 0 spiro atoms. The Hall–Kier alpha value is -1.12. The van der Waals surface area contributed by atoms with Crippen LogP contribution in [0.1, 0.15) is 12.8 Å². The highest BCUT2D eigenvalue weighted by molar-refractivity contribution is 5.25. The molecule has 2 rings (SSSR count). The molecular weight excluding hydrogens is 142 g/mol. The Morgan fingerprint density at radius 2 is 2.00 bits per heavy atom. The van der Waals surface area contributed by atoms with Gasteiger partial charge in [-0.15, -0.1) is 0 Å². The normalized spacial score (nSPS) is 23.1. The summed E-state index contributed by atoms with van der Waals surface area (Å²) in [6.45, 7) is 1.31. The van der Waals surface area contributed by atoms with Gasteiger partial charge in [0.15, 0.2) is 5.76 Å². The Labute approximate surface area is 65.5 Å². The van der Waals surface area contributed by atoms with Crippen molar-refractivity contribution in [1.82, 2.24) is 0 Å². The van der Waals surface area contributed by atoms with E-state index in [9.17, 15) is 0 Å². The maximum atomic E-state index is 5.63. The third kappa shape index (κ3) is 1.18. The molecule has 2 N–H and O–H groups in total. The van der Waals surface area contributed by atoms with Gasteiger partial charge in [-0.25, -0.2) is 0 Å². The van der Waals surface area contributed by atoms with E-state index in [0.29, 0.717) is 13.2 Å². The Morgan fingerprint density at radius 3 is 2.91 bits per heavy atom. The number of ether oxygens (including phenoxy) is 2. The van der Waals surface area contributed by atoms with Gasteiger partial charge in [0.25, 0.3) is 0 Å². The van der Waals surface area contributed by atoms with Crippen molar-refractivity contribution in [2.24, 2.45) is 5.73 Å². The fraction of sp³-hybridized carbons (Fsp3) is 0.500. The number of hydrogen-bond donors (Lipinski definition) is 1. The predicted octanol–water partition coefficient (Wildman–Crippen LogP) is 0.881. The zero-order valence-corrected chi connectivity index (χ0v) is 6.30. The highest BCUT2D eigenvalue weighted by Gasteiger charge is 2.17. The van der Waals surface area contributed by atoms with E-state index in [4.69, 9.17) is 15.2 Å². The molecular formula is C8H11NO2. The first-order chi connectivity index (χ1) is 5.36. The van der Waals surface area contributed by atoms with E-state index in [-0.39, 0.29) is 0 Å². The molecule has 0 unspecified atom stereocenters. The van der Waals surface area contributed by atoms with Gasteiger partial charge in [0.2, 0.25) is 0 Å². The van der Waals surface area contributed by atoms with Crippen LogP contribution in [0.5, 0.6) is 0 Å². The summed E-state index contributed by atoms with van der Waals surface area (Å²) in [5.41, 5.74) is 6.52. The third-order valence-corrected chi connectivity index (χ3v) is 1.85. The van der Waals surface area contributed by atoms with Crippen LogP contribution in [0.25, 0.3) is 0 Å². The summed E-state index contributed by atoms with van der Waals surface area (Å²) < 4.78 is 10.7. The van der Waals surface area contributed by atoms with Crippen LogP contribution >= 0.6 is 0 Å². The van der Waals surface area contributed by atoms with E-state index in [0.717, 1.165) is 30.1 Å². The van der Waals surface area contributed by atoms with Crippen LogP contribution < -0.4 is 5.73 Å². The average molecular weight is 153 g/mol. The van der Waals surface area contributed by atoms with Crippen molar-refractivity contribution in [2.75, 3.05) is 13.2 Å². The summed E-state index contributed by atoms with van der Waals surface area (Å²) >= 11 is 0. The summed E-state index contributed by atoms with van der Waals surface area (Å²) in [5, 5.41) is 0. The van der Waals surface area contributed by atoms with E-state index >= 15 is 0 Å². The predicted molar refractivity (Wildman–Crippen MR) is 40.4 cm³/mol. The Bertz CT molecular complexity index is 230. The maximum Gasteiger partial charge on any atom is 0.158 e. The lowest BCUT2D eigenvalue weighted by molar-refractivity contribution is 0.0624. The first-order valence-corrected chi connectivity index (χ1v) is 3.81. The minimum absolute atomic E-state index is 0.641. The molecule has 11 heavy (non-hydrogen) atoms. The highest BCUT2D eigenvalue weighted by Crippen LogP contribution is 2.25. The summed E-state index contributed by atoms with van der Waals surface area (Å²) in [6, 6.07) is 0. The first-order valence-electron chi connectivity index (χ1n) is 3.81. The lowest BCUT2D eigenvalue weighted by atomic mass is 10.1. The van der Waals surface area contributed by atoms with E-state index in [1.54, 1.807) is 0 Å². The molecule has 1 aliphatic carbocycles. The largest absolute Gasteiger partial charge is 0.491 e. The molecule has 3 heteroatoms. The molecule has 0 bridgehead atoms. The van der Waals surface area contributed by atoms with Crippen molar-refractivity contribution in [2.45, 2.75) is 12.8 Å². The molecule has 1 heterocycles. The standard InChI is InChI=1S/C8H11NO2/c9-6-1-2-7-8(5-6)11-4-3-10-7/h5H,1-4,9H2. The lowest BCUT2D eigenvalue weighted by Crippen LogP contribution is -2.17. The van der Waals surface area contributed by atoms with Crippen LogP contribution in [-0.4, -0.2) is 13.2 Å². The monoisotopic (exact) mass is 153 g/mol. The molecule has 60 valence electrons. The minimum Gasteiger partial charge on any atom is -0.491 e. The number of nitrogens with two attached hydrogens (primary N) is 1. The smallest absolute Gasteiger partial charge is 0.158 e. The van der Waals surface area contributed by atoms with Gasteiger partial charge in [0, 0.05) is 18.2 Å². The second-order valence-electron chi connectivity index (χ2n) is 2.70. The van der Waals surface area contributed by atoms with E-state index in [1.165, 1.54) is 0 Å². The quantitative estimate of drug-likeness (QED) is 0.562. The van der Waals surface area contributed by atoms with Gasteiger partial charge in [-0.05, 0) is 6.42 Å². The number of hydrogen-bond acceptors (Lipinski definition) is 3. The van der Waals surface area contributed by atoms with Crippen molar-refractivity contribution in [3.05, 3.63) is 23.3 Å². The van der Waals surface area contributed by atoms with Gasteiger partial charge in [0.05, 0.1) is 0 Å². The van der Waals surface area contributed by atoms with Crippen LogP contribution in [0, 0.1) is 0 Å². The summed E-state index contributed by atoms with van der Waals surface area (Å²) in [6.07, 6.45) is 3.64. The van der Waals surface area contributed by atoms with E-state index in [1.807, 2.05) is 6.08 Å². The Balaban J connectivity index is 2.25. The zero-order valence-electron chi connectivity index (χ0n) is 6.30. The molecule has 1 aliphatic heterocycles. The molecule has 0 amide bonds. The van der Waals surface area contributed by atoms with Crippen LogP contribution in [0.2, 0.25) is 0 Å². The molecule has 0 aromatic heterocycles. The topological polar surface area (TPSA) is 44.5 Å². The van der Waals surface area contributed by atoms with Crippen molar-refractivity contribution < 1.29 is 9.47 Å². The van der Waals surface area contributed by atoms with Gasteiger partial charge >= 0.3 is 0 Å². The molecule has 0 radical (unpaired) electrons. The molecule has 3 nitrogen and oxygen atoms in total. The van der Waals surface area contributed by atoms with Gasteiger partial charge in [-0.2, -0.15) is 0 Å².